The minimum absolute atomic E-state index is 0.162. The zero-order valence-electron chi connectivity index (χ0n) is 25.0. The molecule has 0 spiro atoms. The van der Waals surface area contributed by atoms with Gasteiger partial charge in [0.2, 0.25) is 5.91 Å². The third-order valence-electron chi connectivity index (χ3n) is 7.87. The van der Waals surface area contributed by atoms with Crippen LogP contribution in [0.4, 0.5) is 16.3 Å². The molecule has 42 heavy (non-hydrogen) atoms. The maximum atomic E-state index is 13.0. The van der Waals surface area contributed by atoms with Crippen LogP contribution in [0.2, 0.25) is 0 Å². The Morgan fingerprint density at radius 2 is 1.69 bits per heavy atom. The molecule has 4 aromatic rings. The van der Waals surface area contributed by atoms with Gasteiger partial charge in [-0.25, -0.2) is 9.48 Å². The van der Waals surface area contributed by atoms with Crippen LogP contribution in [0.1, 0.15) is 62.6 Å². The highest BCUT2D eigenvalue weighted by Gasteiger charge is 2.24. The number of amides is 3. The van der Waals surface area contributed by atoms with Crippen molar-refractivity contribution in [1.82, 2.24) is 14.7 Å². The minimum atomic E-state index is -0.319. The summed E-state index contributed by atoms with van der Waals surface area (Å²) in [5.41, 5.74) is 4.74. The molecule has 8 nitrogen and oxygen atoms in total. The number of anilines is 2. The number of piperidine rings is 1. The van der Waals surface area contributed by atoms with Gasteiger partial charge in [-0.3, -0.25) is 10.1 Å². The molecule has 3 amide bonds. The number of nitrogens with one attached hydrogen (secondary N) is 2. The largest absolute Gasteiger partial charge is 0.469 e. The molecule has 5 rings (SSSR count). The fraction of sp³-hybridized carbons (Fsp3) is 0.382. The molecule has 1 aliphatic rings. The maximum absolute atomic E-state index is 13.0. The first-order valence-corrected chi connectivity index (χ1v) is 14.8. The average molecular weight is 568 g/mol. The van der Waals surface area contributed by atoms with E-state index in [1.165, 1.54) is 5.56 Å². The number of furan rings is 1. The molecule has 0 unspecified atom stereocenters. The van der Waals surface area contributed by atoms with Crippen molar-refractivity contribution in [1.29, 1.82) is 0 Å². The van der Waals surface area contributed by atoms with Gasteiger partial charge < -0.3 is 14.6 Å². The van der Waals surface area contributed by atoms with Crippen LogP contribution in [0.25, 0.3) is 5.69 Å². The van der Waals surface area contributed by atoms with Gasteiger partial charge in [-0.15, -0.1) is 0 Å². The van der Waals surface area contributed by atoms with Gasteiger partial charge in [-0.1, -0.05) is 50.6 Å². The standard InChI is InChI=1S/C34H41N5O3/c1-24-7-13-28(14-8-24)39-31(23-30(37-39)34(2,3)4)36-33(41)35-27-11-9-25(10-12-27)22-26-17-19-38(20-18-26)32(40)16-15-29-6-5-21-42-29/h5-14,21,23,26H,15-20,22H2,1-4H3,(H2,35,36,41). The molecule has 220 valence electrons. The van der Waals surface area contributed by atoms with Crippen molar-refractivity contribution in [3.8, 4) is 5.69 Å². The third kappa shape index (κ3) is 7.49. The SMILES string of the molecule is Cc1ccc(-n2nc(C(C)(C)C)cc2NC(=O)Nc2ccc(CC3CCN(C(=O)CCc4ccco4)CC3)cc2)cc1. The Labute approximate surface area is 248 Å². The number of urea groups is 1. The van der Waals surface area contributed by atoms with Gasteiger partial charge in [-0.05, 0) is 74.1 Å². The Morgan fingerprint density at radius 1 is 0.976 bits per heavy atom. The molecule has 2 aromatic carbocycles. The van der Waals surface area contributed by atoms with Gasteiger partial charge in [0.25, 0.3) is 0 Å². The fourth-order valence-electron chi connectivity index (χ4n) is 5.29. The lowest BCUT2D eigenvalue weighted by Gasteiger charge is -2.32. The molecule has 3 heterocycles. The average Bonchev–Trinajstić information content (AvgIpc) is 3.64. The topological polar surface area (TPSA) is 92.4 Å². The smallest absolute Gasteiger partial charge is 0.324 e. The highest BCUT2D eigenvalue weighted by molar-refractivity contribution is 5.99. The van der Waals surface area contributed by atoms with E-state index < -0.39 is 0 Å². The van der Waals surface area contributed by atoms with E-state index in [1.807, 2.05) is 66.4 Å². The van der Waals surface area contributed by atoms with Crippen LogP contribution in [0.3, 0.4) is 0 Å². The monoisotopic (exact) mass is 567 g/mol. The summed E-state index contributed by atoms with van der Waals surface area (Å²) in [6, 6.07) is 21.5. The van der Waals surface area contributed by atoms with Crippen molar-refractivity contribution in [2.24, 2.45) is 5.92 Å². The lowest BCUT2D eigenvalue weighted by molar-refractivity contribution is -0.132. The second-order valence-corrected chi connectivity index (χ2v) is 12.3. The number of aryl methyl sites for hydroxylation is 2. The zero-order chi connectivity index (χ0) is 29.7. The first-order chi connectivity index (χ1) is 20.1. The first-order valence-electron chi connectivity index (χ1n) is 14.8. The molecule has 2 N–H and O–H groups in total. The molecule has 0 radical (unpaired) electrons. The van der Waals surface area contributed by atoms with Crippen LogP contribution in [0.5, 0.6) is 0 Å². The van der Waals surface area contributed by atoms with Crippen molar-refractivity contribution in [3.05, 3.63) is 95.6 Å². The molecule has 0 bridgehead atoms. The van der Waals surface area contributed by atoms with Crippen molar-refractivity contribution < 1.29 is 14.0 Å². The van der Waals surface area contributed by atoms with E-state index in [-0.39, 0.29) is 17.4 Å². The van der Waals surface area contributed by atoms with Gasteiger partial charge in [0.1, 0.15) is 11.6 Å². The van der Waals surface area contributed by atoms with E-state index >= 15 is 0 Å². The van der Waals surface area contributed by atoms with Crippen molar-refractivity contribution >= 4 is 23.4 Å². The van der Waals surface area contributed by atoms with Crippen LogP contribution < -0.4 is 10.6 Å². The van der Waals surface area contributed by atoms with E-state index in [4.69, 9.17) is 9.52 Å². The lowest BCUT2D eigenvalue weighted by atomic mass is 9.90. The molecule has 1 aliphatic heterocycles. The van der Waals surface area contributed by atoms with E-state index in [0.29, 0.717) is 24.6 Å². The second kappa shape index (κ2) is 12.7. The summed E-state index contributed by atoms with van der Waals surface area (Å²) < 4.78 is 7.12. The maximum Gasteiger partial charge on any atom is 0.324 e. The van der Waals surface area contributed by atoms with Gasteiger partial charge in [-0.2, -0.15) is 5.10 Å². The van der Waals surface area contributed by atoms with E-state index in [2.05, 4.69) is 43.5 Å². The summed E-state index contributed by atoms with van der Waals surface area (Å²) >= 11 is 0. The number of hydrogen-bond donors (Lipinski definition) is 2. The molecule has 0 aliphatic carbocycles. The lowest BCUT2D eigenvalue weighted by Crippen LogP contribution is -2.39. The van der Waals surface area contributed by atoms with Gasteiger partial charge >= 0.3 is 6.03 Å². The number of hydrogen-bond acceptors (Lipinski definition) is 4. The summed E-state index contributed by atoms with van der Waals surface area (Å²) in [5, 5.41) is 10.7. The number of rotatable bonds is 8. The number of carbonyl (C=O) groups is 2. The number of likely N-dealkylation sites (tertiary alicyclic amines) is 1. The van der Waals surface area contributed by atoms with Crippen LogP contribution in [-0.4, -0.2) is 39.7 Å². The summed E-state index contributed by atoms with van der Waals surface area (Å²) in [6.07, 6.45) is 5.76. The molecular weight excluding hydrogens is 526 g/mol. The molecule has 2 aromatic heterocycles. The molecule has 8 heteroatoms. The van der Waals surface area contributed by atoms with Gasteiger partial charge in [0.05, 0.1) is 17.6 Å². The molecule has 0 saturated carbocycles. The molecular formula is C34H41N5O3. The Bertz CT molecular complexity index is 1470. The van der Waals surface area contributed by atoms with E-state index in [1.54, 1.807) is 10.9 Å². The predicted molar refractivity (Wildman–Crippen MR) is 166 cm³/mol. The third-order valence-corrected chi connectivity index (χ3v) is 7.87. The summed E-state index contributed by atoms with van der Waals surface area (Å²) in [5.74, 6) is 2.22. The minimum Gasteiger partial charge on any atom is -0.469 e. The predicted octanol–water partition coefficient (Wildman–Crippen LogP) is 7.13. The summed E-state index contributed by atoms with van der Waals surface area (Å²) in [7, 11) is 0. The summed E-state index contributed by atoms with van der Waals surface area (Å²) in [4.78, 5) is 27.6. The highest BCUT2D eigenvalue weighted by Crippen LogP contribution is 2.27. The molecule has 1 fully saturated rings. The van der Waals surface area contributed by atoms with Gasteiger partial charge in [0, 0.05) is 43.1 Å². The Kier molecular flexibility index (Phi) is 8.80. The number of nitrogens with zero attached hydrogens (tertiary/aromatic N) is 3. The first kappa shape index (κ1) is 29.2. The Morgan fingerprint density at radius 3 is 2.33 bits per heavy atom. The normalized spacial score (nSPS) is 14.1. The fourth-order valence-corrected chi connectivity index (χ4v) is 5.29. The molecule has 0 atom stereocenters. The second-order valence-electron chi connectivity index (χ2n) is 12.3. The van der Waals surface area contributed by atoms with E-state index in [9.17, 15) is 9.59 Å². The number of aromatic nitrogens is 2. The quantitative estimate of drug-likeness (QED) is 0.237. The van der Waals surface area contributed by atoms with Crippen LogP contribution in [0.15, 0.2) is 77.4 Å². The molecule has 1 saturated heterocycles. The van der Waals surface area contributed by atoms with Gasteiger partial charge in [0.15, 0.2) is 0 Å². The summed E-state index contributed by atoms with van der Waals surface area (Å²) in [6.45, 7) is 9.96. The van der Waals surface area contributed by atoms with Crippen LogP contribution in [0, 0.1) is 12.8 Å². The highest BCUT2D eigenvalue weighted by atomic mass is 16.3. The van der Waals surface area contributed by atoms with Crippen molar-refractivity contribution in [3.63, 3.8) is 0 Å². The van der Waals surface area contributed by atoms with Crippen molar-refractivity contribution in [2.75, 3.05) is 23.7 Å². The van der Waals surface area contributed by atoms with Crippen molar-refractivity contribution in [2.45, 2.75) is 65.2 Å². The Balaban J connectivity index is 1.13. The number of benzene rings is 2. The van der Waals surface area contributed by atoms with E-state index in [0.717, 1.165) is 60.7 Å². The van der Waals surface area contributed by atoms with Crippen LogP contribution in [-0.2, 0) is 23.1 Å². The Hall–Kier alpha value is -4.33. The zero-order valence-corrected chi connectivity index (χ0v) is 25.0. The number of carbonyl (C=O) groups excluding carboxylic acids is 2. The van der Waals surface area contributed by atoms with Crippen LogP contribution >= 0.6 is 0 Å².